The van der Waals surface area contributed by atoms with Gasteiger partial charge in [-0.05, 0) is 18.8 Å². The Bertz CT molecular complexity index is 178. The molecule has 0 bridgehead atoms. The predicted molar refractivity (Wildman–Crippen MR) is 57.3 cm³/mol. The van der Waals surface area contributed by atoms with Crippen LogP contribution in [0.25, 0.3) is 0 Å². The van der Waals surface area contributed by atoms with E-state index in [0.29, 0.717) is 13.0 Å². The highest BCUT2D eigenvalue weighted by Crippen LogP contribution is 2.28. The smallest absolute Gasteiger partial charge is 0.160 e. The molecule has 0 aromatic carbocycles. The topological polar surface area (TPSA) is 38.7 Å². The van der Waals surface area contributed by atoms with Crippen LogP contribution in [0.2, 0.25) is 0 Å². The molecule has 2 fully saturated rings. The van der Waals surface area contributed by atoms with Gasteiger partial charge >= 0.3 is 0 Å². The molecule has 0 aromatic rings. The van der Waals surface area contributed by atoms with Crippen molar-refractivity contribution >= 4 is 0 Å². The second-order valence-corrected chi connectivity index (χ2v) is 4.76. The number of aliphatic hydroxyl groups excluding tert-OH is 1. The Labute approximate surface area is 91.8 Å². The molecule has 0 aromatic heterocycles. The van der Waals surface area contributed by atoms with E-state index in [1.165, 1.54) is 38.5 Å². The summed E-state index contributed by atoms with van der Waals surface area (Å²) >= 11 is 0. The van der Waals surface area contributed by atoms with E-state index < -0.39 is 6.29 Å². The number of hydrogen-bond acceptors (Lipinski definition) is 3. The van der Waals surface area contributed by atoms with Crippen LogP contribution >= 0.6 is 0 Å². The minimum atomic E-state index is -0.602. The maximum Gasteiger partial charge on any atom is 0.160 e. The van der Waals surface area contributed by atoms with Crippen molar-refractivity contribution in [1.29, 1.82) is 0 Å². The molecule has 1 saturated heterocycles. The van der Waals surface area contributed by atoms with E-state index in [1.807, 2.05) is 0 Å². The van der Waals surface area contributed by atoms with Crippen LogP contribution in [0.3, 0.4) is 0 Å². The minimum absolute atomic E-state index is 0.157. The summed E-state index contributed by atoms with van der Waals surface area (Å²) in [5.74, 6) is 0.866. The normalized spacial score (nSPS) is 34.2. The lowest BCUT2D eigenvalue weighted by Gasteiger charge is -2.29. The molecular formula is C12H22O3. The monoisotopic (exact) mass is 214 g/mol. The lowest BCUT2D eigenvalue weighted by molar-refractivity contribution is -0.272. The Morgan fingerprint density at radius 1 is 1.00 bits per heavy atom. The Morgan fingerprint density at radius 2 is 1.80 bits per heavy atom. The Hall–Kier alpha value is -0.120. The van der Waals surface area contributed by atoms with Crippen LogP contribution in [0, 0.1) is 5.92 Å². The number of aliphatic hydroxyl groups is 1. The Morgan fingerprint density at radius 3 is 2.53 bits per heavy atom. The van der Waals surface area contributed by atoms with Gasteiger partial charge in [-0.2, -0.15) is 0 Å². The van der Waals surface area contributed by atoms with E-state index in [-0.39, 0.29) is 6.29 Å². The number of rotatable bonds is 3. The fraction of sp³-hybridized carbons (Fsp3) is 1.00. The Kier molecular flexibility index (Phi) is 4.42. The van der Waals surface area contributed by atoms with Crippen LogP contribution in [0.15, 0.2) is 0 Å². The molecule has 88 valence electrons. The summed E-state index contributed by atoms with van der Waals surface area (Å²) in [4.78, 5) is 0. The molecule has 0 spiro atoms. The summed E-state index contributed by atoms with van der Waals surface area (Å²) in [5, 5.41) is 9.31. The van der Waals surface area contributed by atoms with Crippen LogP contribution in [-0.4, -0.2) is 24.3 Å². The lowest BCUT2D eigenvalue weighted by atomic mass is 9.86. The summed E-state index contributed by atoms with van der Waals surface area (Å²) in [6, 6.07) is 0. The first kappa shape index (κ1) is 11.4. The van der Waals surface area contributed by atoms with Crippen molar-refractivity contribution in [2.24, 2.45) is 5.92 Å². The fourth-order valence-electron chi connectivity index (χ4n) is 2.58. The average molecular weight is 214 g/mol. The van der Waals surface area contributed by atoms with Gasteiger partial charge < -0.3 is 14.6 Å². The van der Waals surface area contributed by atoms with Gasteiger partial charge in [-0.3, -0.25) is 0 Å². The molecule has 1 heterocycles. The van der Waals surface area contributed by atoms with Gasteiger partial charge in [-0.25, -0.2) is 0 Å². The van der Waals surface area contributed by atoms with Crippen molar-refractivity contribution in [2.45, 2.75) is 63.9 Å². The van der Waals surface area contributed by atoms with Gasteiger partial charge in [0.05, 0.1) is 6.61 Å². The van der Waals surface area contributed by atoms with E-state index in [4.69, 9.17) is 9.47 Å². The number of ether oxygens (including phenoxy) is 2. The third-order valence-corrected chi connectivity index (χ3v) is 3.51. The van der Waals surface area contributed by atoms with Gasteiger partial charge in [0.15, 0.2) is 12.6 Å². The highest BCUT2D eigenvalue weighted by molar-refractivity contribution is 4.67. The van der Waals surface area contributed by atoms with Crippen molar-refractivity contribution in [1.82, 2.24) is 0 Å². The summed E-state index contributed by atoms with van der Waals surface area (Å²) in [6.45, 7) is 0.635. The summed E-state index contributed by atoms with van der Waals surface area (Å²) in [5.41, 5.74) is 0. The maximum absolute atomic E-state index is 9.31. The second-order valence-electron chi connectivity index (χ2n) is 4.76. The molecule has 3 heteroatoms. The van der Waals surface area contributed by atoms with Gasteiger partial charge in [0.25, 0.3) is 0 Å². The third-order valence-electron chi connectivity index (χ3n) is 3.51. The number of hydrogen-bond donors (Lipinski definition) is 1. The van der Waals surface area contributed by atoms with Gasteiger partial charge in [-0.15, -0.1) is 0 Å². The molecule has 2 rings (SSSR count). The first-order valence-corrected chi connectivity index (χ1v) is 6.30. The first-order valence-electron chi connectivity index (χ1n) is 6.30. The minimum Gasteiger partial charge on any atom is -0.368 e. The van der Waals surface area contributed by atoms with Crippen LogP contribution < -0.4 is 0 Å². The lowest BCUT2D eigenvalue weighted by Crippen LogP contribution is -2.32. The second kappa shape index (κ2) is 5.83. The van der Waals surface area contributed by atoms with Crippen molar-refractivity contribution in [3.63, 3.8) is 0 Å². The first-order chi connectivity index (χ1) is 7.34. The summed E-state index contributed by atoms with van der Waals surface area (Å²) < 4.78 is 10.8. The molecule has 0 radical (unpaired) electrons. The van der Waals surface area contributed by atoms with E-state index in [0.717, 1.165) is 12.3 Å². The zero-order valence-corrected chi connectivity index (χ0v) is 9.36. The SMILES string of the molecule is OC1CCOC(CCC2CCCCC2)O1. The predicted octanol–water partition coefficient (Wildman–Crippen LogP) is 2.43. The molecule has 15 heavy (non-hydrogen) atoms. The molecule has 0 amide bonds. The van der Waals surface area contributed by atoms with Gasteiger partial charge in [0, 0.05) is 6.42 Å². The highest BCUT2D eigenvalue weighted by Gasteiger charge is 2.22. The standard InChI is InChI=1S/C12H22O3/c13-11-8-9-14-12(15-11)7-6-10-4-2-1-3-5-10/h10-13H,1-9H2. The van der Waals surface area contributed by atoms with Gasteiger partial charge in [-0.1, -0.05) is 32.1 Å². The van der Waals surface area contributed by atoms with Crippen molar-refractivity contribution in [2.75, 3.05) is 6.61 Å². The molecule has 2 unspecified atom stereocenters. The van der Waals surface area contributed by atoms with E-state index in [2.05, 4.69) is 0 Å². The molecule has 1 aliphatic heterocycles. The van der Waals surface area contributed by atoms with Crippen LogP contribution in [-0.2, 0) is 9.47 Å². The van der Waals surface area contributed by atoms with Crippen molar-refractivity contribution in [3.05, 3.63) is 0 Å². The van der Waals surface area contributed by atoms with Crippen molar-refractivity contribution < 1.29 is 14.6 Å². The Balaban J connectivity index is 1.63. The fourth-order valence-corrected chi connectivity index (χ4v) is 2.58. The summed E-state index contributed by atoms with van der Waals surface area (Å²) in [7, 11) is 0. The molecule has 2 atom stereocenters. The van der Waals surface area contributed by atoms with Crippen LogP contribution in [0.4, 0.5) is 0 Å². The van der Waals surface area contributed by atoms with Gasteiger partial charge in [0.2, 0.25) is 0 Å². The van der Waals surface area contributed by atoms with E-state index in [1.54, 1.807) is 0 Å². The zero-order valence-electron chi connectivity index (χ0n) is 9.36. The summed E-state index contributed by atoms with van der Waals surface area (Å²) in [6.07, 6.45) is 8.92. The molecular weight excluding hydrogens is 192 g/mol. The van der Waals surface area contributed by atoms with Gasteiger partial charge in [0.1, 0.15) is 0 Å². The quantitative estimate of drug-likeness (QED) is 0.784. The highest BCUT2D eigenvalue weighted by atomic mass is 16.7. The molecule has 1 N–H and O–H groups in total. The van der Waals surface area contributed by atoms with Crippen LogP contribution in [0.1, 0.15) is 51.4 Å². The molecule has 1 saturated carbocycles. The maximum atomic E-state index is 9.31. The zero-order chi connectivity index (χ0) is 10.5. The van der Waals surface area contributed by atoms with E-state index >= 15 is 0 Å². The largest absolute Gasteiger partial charge is 0.368 e. The molecule has 2 aliphatic rings. The average Bonchev–Trinajstić information content (AvgIpc) is 2.28. The van der Waals surface area contributed by atoms with Crippen molar-refractivity contribution in [3.8, 4) is 0 Å². The third kappa shape index (κ3) is 3.74. The van der Waals surface area contributed by atoms with E-state index in [9.17, 15) is 5.11 Å². The van der Waals surface area contributed by atoms with Crippen LogP contribution in [0.5, 0.6) is 0 Å². The molecule has 3 nitrogen and oxygen atoms in total. The molecule has 1 aliphatic carbocycles.